The number of benzene rings is 1. The summed E-state index contributed by atoms with van der Waals surface area (Å²) in [5.41, 5.74) is -2.65. The number of rotatable bonds is 4. The number of nitrogens with zero attached hydrogens (tertiary/aromatic N) is 2. The Morgan fingerprint density at radius 2 is 1.88 bits per heavy atom. The predicted molar refractivity (Wildman–Crippen MR) is 74.3 cm³/mol. The molecule has 0 saturated carbocycles. The van der Waals surface area contributed by atoms with Gasteiger partial charge in [-0.25, -0.2) is 4.98 Å². The normalized spacial score (nSPS) is 12.4. The number of nitrogens with one attached hydrogen (secondary N) is 1. The lowest BCUT2D eigenvalue weighted by molar-refractivity contribution is -0.383. The number of carbonyl (C=O) groups is 1. The zero-order chi connectivity index (χ0) is 19.0. The van der Waals surface area contributed by atoms with E-state index in [4.69, 9.17) is 0 Å². The fourth-order valence-corrected chi connectivity index (χ4v) is 2.75. The average molecular weight is 387 g/mol. The van der Waals surface area contributed by atoms with Gasteiger partial charge in [0.15, 0.2) is 5.01 Å². The van der Waals surface area contributed by atoms with Gasteiger partial charge in [-0.1, -0.05) is 0 Å². The van der Waals surface area contributed by atoms with Crippen molar-refractivity contribution >= 4 is 33.1 Å². The van der Waals surface area contributed by atoms with Crippen molar-refractivity contribution in [2.24, 2.45) is 0 Å². The van der Waals surface area contributed by atoms with Crippen molar-refractivity contribution in [1.82, 2.24) is 10.3 Å². The minimum absolute atomic E-state index is 0.279. The molecular weight excluding hydrogens is 380 g/mol. The number of thiazole rings is 1. The Morgan fingerprint density at radius 1 is 1.24 bits per heavy atom. The number of hydrogen-bond donors (Lipinski definition) is 1. The molecule has 2 aromatic rings. The second-order valence-corrected chi connectivity index (χ2v) is 5.74. The molecule has 1 amide bonds. The van der Waals surface area contributed by atoms with E-state index >= 15 is 0 Å². The number of non-ortho nitro benzene ring substituents is 1. The van der Waals surface area contributed by atoms with Gasteiger partial charge in [0.1, 0.15) is 4.70 Å². The Kier molecular flexibility index (Phi) is 4.88. The molecule has 2 rings (SSSR count). The van der Waals surface area contributed by atoms with Crippen molar-refractivity contribution in [2.45, 2.75) is 18.8 Å². The van der Waals surface area contributed by atoms with Crippen LogP contribution in [0.15, 0.2) is 12.1 Å². The monoisotopic (exact) mass is 387 g/mol. The molecular formula is C12H7F6N3O3S. The summed E-state index contributed by atoms with van der Waals surface area (Å²) in [5.74, 6) is -1.06. The first-order valence-electron chi connectivity index (χ1n) is 6.39. The Morgan fingerprint density at radius 3 is 2.40 bits per heavy atom. The van der Waals surface area contributed by atoms with E-state index in [9.17, 15) is 41.3 Å². The molecule has 0 fully saturated rings. The fourth-order valence-electron chi connectivity index (χ4n) is 1.80. The molecule has 0 aliphatic rings. The van der Waals surface area contributed by atoms with Crippen LogP contribution in [0.25, 0.3) is 10.2 Å². The van der Waals surface area contributed by atoms with Crippen LogP contribution in [-0.2, 0) is 6.18 Å². The van der Waals surface area contributed by atoms with Crippen LogP contribution in [0.1, 0.15) is 21.8 Å². The summed E-state index contributed by atoms with van der Waals surface area (Å²) in [5, 5.41) is 12.4. The van der Waals surface area contributed by atoms with Gasteiger partial charge in [-0.2, -0.15) is 26.3 Å². The molecule has 136 valence electrons. The number of fused-ring (bicyclic) bond motifs is 1. The number of alkyl halides is 6. The minimum Gasteiger partial charge on any atom is -0.350 e. The second-order valence-electron chi connectivity index (χ2n) is 4.74. The van der Waals surface area contributed by atoms with E-state index in [1.54, 1.807) is 0 Å². The molecule has 0 aliphatic heterocycles. The number of aromatic nitrogens is 1. The highest BCUT2D eigenvalue weighted by Gasteiger charge is 2.34. The quantitative estimate of drug-likeness (QED) is 0.490. The van der Waals surface area contributed by atoms with Crippen LogP contribution in [0.5, 0.6) is 0 Å². The van der Waals surface area contributed by atoms with Crippen LogP contribution in [-0.4, -0.2) is 28.5 Å². The molecule has 0 unspecified atom stereocenters. The maximum atomic E-state index is 12.8. The van der Waals surface area contributed by atoms with E-state index in [-0.39, 0.29) is 4.70 Å². The molecule has 0 radical (unpaired) electrons. The van der Waals surface area contributed by atoms with Gasteiger partial charge in [0.2, 0.25) is 0 Å². The molecule has 6 nitrogen and oxygen atoms in total. The first-order chi connectivity index (χ1) is 11.4. The number of amides is 1. The van der Waals surface area contributed by atoms with E-state index in [2.05, 4.69) is 4.98 Å². The van der Waals surface area contributed by atoms with Gasteiger partial charge in [-0.3, -0.25) is 14.9 Å². The maximum absolute atomic E-state index is 12.8. The van der Waals surface area contributed by atoms with Crippen molar-refractivity contribution in [3.8, 4) is 0 Å². The molecule has 1 aromatic heterocycles. The maximum Gasteiger partial charge on any atom is 0.416 e. The van der Waals surface area contributed by atoms with Crippen LogP contribution in [0.4, 0.5) is 32.0 Å². The van der Waals surface area contributed by atoms with Gasteiger partial charge >= 0.3 is 12.4 Å². The highest BCUT2D eigenvalue weighted by molar-refractivity contribution is 7.20. The van der Waals surface area contributed by atoms with Crippen molar-refractivity contribution in [3.05, 3.63) is 32.8 Å². The lowest BCUT2D eigenvalue weighted by Crippen LogP contribution is -2.27. The predicted octanol–water partition coefficient (Wildman–Crippen LogP) is 3.91. The van der Waals surface area contributed by atoms with Crippen LogP contribution in [0, 0.1) is 10.1 Å². The highest BCUT2D eigenvalue weighted by Crippen LogP contribution is 2.38. The highest BCUT2D eigenvalue weighted by atomic mass is 32.1. The van der Waals surface area contributed by atoms with E-state index in [0.717, 1.165) is 0 Å². The largest absolute Gasteiger partial charge is 0.416 e. The zero-order valence-corrected chi connectivity index (χ0v) is 12.7. The molecule has 0 saturated heterocycles. The summed E-state index contributed by atoms with van der Waals surface area (Å²) in [6.07, 6.45) is -10.7. The van der Waals surface area contributed by atoms with Gasteiger partial charge in [0.25, 0.3) is 11.6 Å². The summed E-state index contributed by atoms with van der Waals surface area (Å²) in [4.78, 5) is 25.2. The van der Waals surface area contributed by atoms with Crippen molar-refractivity contribution in [3.63, 3.8) is 0 Å². The number of nitro groups is 1. The molecule has 1 heterocycles. The molecule has 25 heavy (non-hydrogen) atoms. The molecule has 1 N–H and O–H groups in total. The van der Waals surface area contributed by atoms with Crippen molar-refractivity contribution in [2.75, 3.05) is 6.54 Å². The third-order valence-electron chi connectivity index (χ3n) is 2.88. The Balaban J connectivity index is 2.36. The first-order valence-corrected chi connectivity index (χ1v) is 7.21. The number of carbonyl (C=O) groups excluding carboxylic acids is 1. The van der Waals surface area contributed by atoms with Crippen LogP contribution in [0.3, 0.4) is 0 Å². The van der Waals surface area contributed by atoms with Crippen LogP contribution < -0.4 is 5.32 Å². The third kappa shape index (κ3) is 4.55. The molecule has 0 spiro atoms. The Bertz CT molecular complexity index is 830. The lowest BCUT2D eigenvalue weighted by atomic mass is 10.2. The summed E-state index contributed by atoms with van der Waals surface area (Å²) in [6.45, 7) is -0.756. The average Bonchev–Trinajstić information content (AvgIpc) is 2.87. The summed E-state index contributed by atoms with van der Waals surface area (Å²) >= 11 is 0.424. The van der Waals surface area contributed by atoms with Gasteiger partial charge in [-0.15, -0.1) is 11.3 Å². The Labute approximate surface area is 138 Å². The minimum atomic E-state index is -4.86. The third-order valence-corrected chi connectivity index (χ3v) is 3.98. The standard InChI is InChI=1S/C12H7F6N3O3S/c13-11(14,15)1-2-19-9(22)10-20-6-3-5(12(16,17)18)4-7(21(23)24)8(6)25-10/h3-4H,1-2H2,(H,19,22). The zero-order valence-electron chi connectivity index (χ0n) is 11.9. The number of hydrogen-bond acceptors (Lipinski definition) is 5. The molecule has 1 aromatic carbocycles. The van der Waals surface area contributed by atoms with Gasteiger partial charge in [0, 0.05) is 12.6 Å². The van der Waals surface area contributed by atoms with Gasteiger partial charge in [0.05, 0.1) is 22.4 Å². The van der Waals surface area contributed by atoms with Gasteiger partial charge < -0.3 is 5.32 Å². The molecule has 0 aliphatic carbocycles. The van der Waals surface area contributed by atoms with Crippen LogP contribution >= 0.6 is 11.3 Å². The number of nitro benzene ring substituents is 1. The van der Waals surface area contributed by atoms with Crippen molar-refractivity contribution in [1.29, 1.82) is 0 Å². The molecule has 0 atom stereocenters. The van der Waals surface area contributed by atoms with Crippen LogP contribution in [0.2, 0.25) is 0 Å². The van der Waals surface area contributed by atoms with E-state index in [1.165, 1.54) is 0 Å². The molecule has 13 heteroatoms. The van der Waals surface area contributed by atoms with Crippen molar-refractivity contribution < 1.29 is 36.1 Å². The van der Waals surface area contributed by atoms with E-state index < -0.39 is 57.9 Å². The van der Waals surface area contributed by atoms with E-state index in [1.807, 2.05) is 5.32 Å². The Hall–Kier alpha value is -2.44. The summed E-state index contributed by atoms with van der Waals surface area (Å²) < 4.78 is 74.1. The summed E-state index contributed by atoms with van der Waals surface area (Å²) in [6, 6.07) is 0.844. The lowest BCUT2D eigenvalue weighted by Gasteiger charge is -2.06. The molecule has 0 bridgehead atoms. The first kappa shape index (κ1) is 18.9. The topological polar surface area (TPSA) is 85.1 Å². The SMILES string of the molecule is O=C(NCCC(F)(F)F)c1nc2cc(C(F)(F)F)cc([N+](=O)[O-])c2s1. The second kappa shape index (κ2) is 6.46. The smallest absolute Gasteiger partial charge is 0.350 e. The number of halogens is 6. The fraction of sp³-hybridized carbons (Fsp3) is 0.333. The summed E-state index contributed by atoms with van der Waals surface area (Å²) in [7, 11) is 0. The van der Waals surface area contributed by atoms with Gasteiger partial charge in [-0.05, 0) is 6.07 Å². The van der Waals surface area contributed by atoms with E-state index in [0.29, 0.717) is 23.5 Å².